The van der Waals surface area contributed by atoms with E-state index < -0.39 is 0 Å². The number of aromatic nitrogens is 1. The standard InChI is InChI=1S/C5H5N.ClH/c1-2-4-6-5-3-1;/h1-5H;1H/p+1. The third-order valence-corrected chi connectivity index (χ3v) is 0.566. The van der Waals surface area contributed by atoms with E-state index in [2.05, 4.69) is 4.98 Å². The highest BCUT2D eigenvalue weighted by Gasteiger charge is 1.58. The van der Waals surface area contributed by atoms with Crippen molar-refractivity contribution in [3.63, 3.8) is 0 Å². The Morgan fingerprint density at radius 2 is 1.57 bits per heavy atom. The third kappa shape index (κ3) is 2.18. The predicted octanol–water partition coefficient (Wildman–Crippen LogP) is 1.62. The van der Waals surface area contributed by atoms with Gasteiger partial charge in [-0.15, -0.1) is 12.4 Å². The molecular formula is C5H7ClN+. The van der Waals surface area contributed by atoms with E-state index in [0.717, 1.165) is 0 Å². The fourth-order valence-electron chi connectivity index (χ4n) is 0.313. The molecule has 0 N–H and O–H groups in total. The monoisotopic (exact) mass is 116 g/mol. The van der Waals surface area contributed by atoms with Gasteiger partial charge in [0.15, 0.2) is 0 Å². The van der Waals surface area contributed by atoms with Gasteiger partial charge in [0.05, 0.1) is 0 Å². The Hall–Kier alpha value is -0.560. The largest absolute Gasteiger partial charge is 1.00 e. The summed E-state index contributed by atoms with van der Waals surface area (Å²) in [6.07, 6.45) is 3.50. The zero-order valence-electron chi connectivity index (χ0n) is 4.74. The van der Waals surface area contributed by atoms with E-state index in [4.69, 9.17) is 0 Å². The number of hydrogen-bond donors (Lipinski definition) is 0. The molecule has 1 heterocycles. The minimum Gasteiger partial charge on any atom is -0.265 e. The fourth-order valence-corrected chi connectivity index (χ4v) is 0.313. The van der Waals surface area contributed by atoms with E-state index in [9.17, 15) is 0 Å². The molecule has 0 aromatic carbocycles. The molecule has 0 unspecified atom stereocenters. The van der Waals surface area contributed by atoms with Crippen LogP contribution in [0.4, 0.5) is 0 Å². The van der Waals surface area contributed by atoms with Crippen LogP contribution in [0.1, 0.15) is 1.43 Å². The Labute approximate surface area is 50.3 Å². The van der Waals surface area contributed by atoms with Crippen LogP contribution in [0.5, 0.6) is 0 Å². The Morgan fingerprint density at radius 1 is 1.00 bits per heavy atom. The Morgan fingerprint density at radius 3 is 1.71 bits per heavy atom. The molecule has 0 atom stereocenters. The van der Waals surface area contributed by atoms with Crippen LogP contribution >= 0.6 is 12.4 Å². The van der Waals surface area contributed by atoms with Crippen LogP contribution in [0.2, 0.25) is 0 Å². The predicted molar refractivity (Wildman–Crippen MR) is 32.6 cm³/mol. The lowest BCUT2D eigenvalue weighted by atomic mass is 10.5. The van der Waals surface area contributed by atoms with Crippen molar-refractivity contribution in [1.82, 2.24) is 4.98 Å². The SMILES string of the molecule is Cl.[H+].c1ccncc1. The second kappa shape index (κ2) is 3.62. The zero-order chi connectivity index (χ0) is 4.24. The van der Waals surface area contributed by atoms with Crippen molar-refractivity contribution in [3.05, 3.63) is 30.6 Å². The summed E-state index contributed by atoms with van der Waals surface area (Å²) < 4.78 is 0. The average Bonchev–Trinajstić information content (AvgIpc) is 1.72. The van der Waals surface area contributed by atoms with E-state index in [1.165, 1.54) is 0 Å². The molecule has 2 heteroatoms. The zero-order valence-corrected chi connectivity index (χ0v) is 4.56. The molecule has 0 bridgehead atoms. The van der Waals surface area contributed by atoms with Crippen LogP contribution in [0, 0.1) is 0 Å². The van der Waals surface area contributed by atoms with Gasteiger partial charge in [0.2, 0.25) is 0 Å². The highest BCUT2D eigenvalue weighted by Crippen LogP contribution is 1.73. The Bertz CT molecular complexity index is 84.4. The van der Waals surface area contributed by atoms with E-state index in [1.807, 2.05) is 18.2 Å². The third-order valence-electron chi connectivity index (χ3n) is 0.566. The lowest BCUT2D eigenvalue weighted by Crippen LogP contribution is -1.58. The van der Waals surface area contributed by atoms with Gasteiger partial charge in [-0.1, -0.05) is 6.07 Å². The maximum atomic E-state index is 3.78. The first-order chi connectivity index (χ1) is 3.00. The smallest absolute Gasteiger partial charge is 0.265 e. The molecule has 0 aliphatic heterocycles. The lowest BCUT2D eigenvalue weighted by Gasteiger charge is -1.70. The normalized spacial score (nSPS) is 6.86. The highest BCUT2D eigenvalue weighted by atomic mass is 35.5. The molecule has 38 valence electrons. The molecule has 7 heavy (non-hydrogen) atoms. The molecular weight excluding hydrogens is 110 g/mol. The summed E-state index contributed by atoms with van der Waals surface area (Å²) in [6.45, 7) is 0. The van der Waals surface area contributed by atoms with E-state index in [1.54, 1.807) is 12.4 Å². The van der Waals surface area contributed by atoms with Crippen LogP contribution in [-0.2, 0) is 0 Å². The van der Waals surface area contributed by atoms with Gasteiger partial charge in [-0.25, -0.2) is 0 Å². The van der Waals surface area contributed by atoms with Gasteiger partial charge in [0, 0.05) is 12.4 Å². The topological polar surface area (TPSA) is 12.9 Å². The molecule has 1 rings (SSSR count). The molecule has 0 saturated carbocycles. The van der Waals surface area contributed by atoms with E-state index >= 15 is 0 Å². The minimum atomic E-state index is 0. The van der Waals surface area contributed by atoms with E-state index in [-0.39, 0.29) is 13.8 Å². The van der Waals surface area contributed by atoms with Crippen LogP contribution in [0.15, 0.2) is 30.6 Å². The maximum absolute atomic E-state index is 3.78. The second-order valence-electron chi connectivity index (χ2n) is 1.02. The molecule has 0 saturated heterocycles. The van der Waals surface area contributed by atoms with Crippen LogP contribution in [0.3, 0.4) is 0 Å². The first-order valence-corrected chi connectivity index (χ1v) is 1.85. The van der Waals surface area contributed by atoms with Gasteiger partial charge in [-0.05, 0) is 12.1 Å². The quantitative estimate of drug-likeness (QED) is 0.502. The molecule has 0 aliphatic rings. The minimum absolute atomic E-state index is 0. The number of halogens is 1. The summed E-state index contributed by atoms with van der Waals surface area (Å²) in [5, 5.41) is 0. The first kappa shape index (κ1) is 6.44. The maximum Gasteiger partial charge on any atom is 1.00 e. The first-order valence-electron chi connectivity index (χ1n) is 1.85. The second-order valence-corrected chi connectivity index (χ2v) is 1.02. The lowest BCUT2D eigenvalue weighted by molar-refractivity contribution is 1.33. The molecule has 0 spiro atoms. The summed E-state index contributed by atoms with van der Waals surface area (Å²) in [6, 6.07) is 5.72. The van der Waals surface area contributed by atoms with Gasteiger partial charge >= 0.3 is 1.43 Å². The molecule has 0 aliphatic carbocycles. The molecule has 1 aromatic heterocycles. The van der Waals surface area contributed by atoms with Crippen molar-refractivity contribution in [2.45, 2.75) is 0 Å². The number of pyridine rings is 1. The van der Waals surface area contributed by atoms with E-state index in [0.29, 0.717) is 0 Å². The van der Waals surface area contributed by atoms with Crippen molar-refractivity contribution in [2.24, 2.45) is 0 Å². The molecule has 0 amide bonds. The number of hydrogen-bond acceptors (Lipinski definition) is 1. The molecule has 0 fully saturated rings. The summed E-state index contributed by atoms with van der Waals surface area (Å²) in [4.78, 5) is 3.78. The summed E-state index contributed by atoms with van der Waals surface area (Å²) >= 11 is 0. The summed E-state index contributed by atoms with van der Waals surface area (Å²) in [5.74, 6) is 0. The summed E-state index contributed by atoms with van der Waals surface area (Å²) in [5.41, 5.74) is 0. The number of nitrogens with zero attached hydrogens (tertiary/aromatic N) is 1. The van der Waals surface area contributed by atoms with Gasteiger partial charge in [-0.3, -0.25) is 4.98 Å². The number of rotatable bonds is 0. The van der Waals surface area contributed by atoms with Crippen molar-refractivity contribution >= 4 is 12.4 Å². The van der Waals surface area contributed by atoms with Crippen LogP contribution in [-0.4, -0.2) is 4.98 Å². The van der Waals surface area contributed by atoms with Gasteiger partial charge in [0.1, 0.15) is 0 Å². The Balaban J connectivity index is 0. The van der Waals surface area contributed by atoms with Crippen molar-refractivity contribution < 1.29 is 1.43 Å². The molecule has 1 aromatic rings. The van der Waals surface area contributed by atoms with Gasteiger partial charge in [0.25, 0.3) is 0 Å². The Kier molecular flexibility index (Phi) is 3.33. The fraction of sp³-hybridized carbons (Fsp3) is 0. The summed E-state index contributed by atoms with van der Waals surface area (Å²) in [7, 11) is 0. The van der Waals surface area contributed by atoms with Crippen molar-refractivity contribution in [3.8, 4) is 0 Å². The van der Waals surface area contributed by atoms with Crippen LogP contribution < -0.4 is 0 Å². The molecule has 1 nitrogen and oxygen atoms in total. The molecule has 0 radical (unpaired) electrons. The highest BCUT2D eigenvalue weighted by molar-refractivity contribution is 5.85. The van der Waals surface area contributed by atoms with Gasteiger partial charge in [-0.2, -0.15) is 0 Å². The average molecular weight is 117 g/mol. The van der Waals surface area contributed by atoms with Gasteiger partial charge < -0.3 is 0 Å². The van der Waals surface area contributed by atoms with Crippen LogP contribution in [0.25, 0.3) is 0 Å². The van der Waals surface area contributed by atoms with Crippen molar-refractivity contribution in [2.75, 3.05) is 0 Å². The van der Waals surface area contributed by atoms with Crippen molar-refractivity contribution in [1.29, 1.82) is 0 Å².